The molecule has 93 valence electrons. The summed E-state index contributed by atoms with van der Waals surface area (Å²) in [6.07, 6.45) is 2.40. The molecule has 0 bridgehead atoms. The van der Waals surface area contributed by atoms with E-state index in [1.807, 2.05) is 30.3 Å². The van der Waals surface area contributed by atoms with Gasteiger partial charge in [0, 0.05) is 13.1 Å². The van der Waals surface area contributed by atoms with Crippen LogP contribution in [0.3, 0.4) is 0 Å². The van der Waals surface area contributed by atoms with Gasteiger partial charge in [0.05, 0.1) is 0 Å². The number of nitrogens with two attached hydrogens (primary N) is 1. The molecule has 1 amide bonds. The number of rotatable bonds is 7. The van der Waals surface area contributed by atoms with E-state index in [4.69, 9.17) is 10.5 Å². The van der Waals surface area contributed by atoms with E-state index in [2.05, 4.69) is 5.32 Å². The summed E-state index contributed by atoms with van der Waals surface area (Å²) in [4.78, 5) is 11.3. The Labute approximate surface area is 102 Å². The van der Waals surface area contributed by atoms with Crippen molar-refractivity contribution in [1.29, 1.82) is 0 Å². The molecule has 0 aromatic heterocycles. The molecule has 0 fully saturated rings. The van der Waals surface area contributed by atoms with Gasteiger partial charge >= 0.3 is 6.09 Å². The van der Waals surface area contributed by atoms with Crippen molar-refractivity contribution < 1.29 is 9.53 Å². The smallest absolute Gasteiger partial charge is 0.407 e. The molecule has 1 rings (SSSR count). The van der Waals surface area contributed by atoms with E-state index in [1.165, 1.54) is 0 Å². The summed E-state index contributed by atoms with van der Waals surface area (Å²) in [5.41, 5.74) is 6.23. The number of nitrogens with one attached hydrogen (secondary N) is 1. The lowest BCUT2D eigenvalue weighted by Crippen LogP contribution is -2.25. The standard InChI is InChI=1S/C13H19N2O2/c14-9-5-2-6-10-15-13(16)17-11-12-7-3-1-4-8-12/h1,3-4,7-9H,2,5-6,10-11,14H2,(H,15,16). The molecule has 17 heavy (non-hydrogen) atoms. The number of carbonyl (C=O) groups excluding carboxylic acids is 1. The largest absolute Gasteiger partial charge is 0.445 e. The van der Waals surface area contributed by atoms with Crippen molar-refractivity contribution >= 4 is 6.09 Å². The van der Waals surface area contributed by atoms with Crippen LogP contribution in [0.2, 0.25) is 0 Å². The first-order chi connectivity index (χ1) is 8.33. The minimum Gasteiger partial charge on any atom is -0.445 e. The quantitative estimate of drug-likeness (QED) is 0.712. The maximum Gasteiger partial charge on any atom is 0.407 e. The highest BCUT2D eigenvalue weighted by Crippen LogP contribution is 2.00. The topological polar surface area (TPSA) is 64.3 Å². The maximum atomic E-state index is 11.3. The molecule has 0 aliphatic heterocycles. The van der Waals surface area contributed by atoms with Gasteiger partial charge in [-0.05, 0) is 18.4 Å². The fourth-order valence-corrected chi connectivity index (χ4v) is 1.35. The summed E-state index contributed by atoms with van der Waals surface area (Å²) in [6.45, 7) is 2.57. The van der Waals surface area contributed by atoms with Crippen LogP contribution >= 0.6 is 0 Å². The van der Waals surface area contributed by atoms with Crippen molar-refractivity contribution in [3.63, 3.8) is 0 Å². The molecule has 4 heteroatoms. The second kappa shape index (κ2) is 8.58. The normalized spacial score (nSPS) is 9.94. The van der Waals surface area contributed by atoms with E-state index in [-0.39, 0.29) is 6.09 Å². The molecule has 0 atom stereocenters. The van der Waals surface area contributed by atoms with Crippen LogP contribution < -0.4 is 11.1 Å². The molecule has 0 saturated heterocycles. The minimum absolute atomic E-state index is 0.309. The highest BCUT2D eigenvalue weighted by Gasteiger charge is 2.00. The van der Waals surface area contributed by atoms with Crippen molar-refractivity contribution in [3.8, 4) is 0 Å². The predicted octanol–water partition coefficient (Wildman–Crippen LogP) is 2.20. The van der Waals surface area contributed by atoms with Gasteiger partial charge in [-0.1, -0.05) is 36.8 Å². The SMILES string of the molecule is N[CH]CCCCNC(=O)OCc1ccccc1. The third-order valence-corrected chi connectivity index (χ3v) is 2.28. The number of benzene rings is 1. The Kier molecular flexibility index (Phi) is 6.82. The lowest BCUT2D eigenvalue weighted by molar-refractivity contribution is 0.139. The molecule has 3 N–H and O–H groups in total. The van der Waals surface area contributed by atoms with E-state index < -0.39 is 0 Å². The Bertz CT molecular complexity index is 314. The number of alkyl carbamates (subject to hydrolysis) is 1. The van der Waals surface area contributed by atoms with Crippen LogP contribution in [0.15, 0.2) is 30.3 Å². The van der Waals surface area contributed by atoms with Gasteiger partial charge in [-0.15, -0.1) is 0 Å². The second-order valence-electron chi connectivity index (χ2n) is 3.72. The first-order valence-electron chi connectivity index (χ1n) is 5.81. The van der Waals surface area contributed by atoms with Crippen LogP contribution in [-0.4, -0.2) is 12.6 Å². The van der Waals surface area contributed by atoms with E-state index in [9.17, 15) is 4.79 Å². The number of ether oxygens (including phenoxy) is 1. The van der Waals surface area contributed by atoms with E-state index in [0.717, 1.165) is 24.8 Å². The van der Waals surface area contributed by atoms with Crippen molar-refractivity contribution in [3.05, 3.63) is 42.4 Å². The highest BCUT2D eigenvalue weighted by molar-refractivity contribution is 5.67. The predicted molar refractivity (Wildman–Crippen MR) is 67.0 cm³/mol. The molecule has 4 nitrogen and oxygen atoms in total. The van der Waals surface area contributed by atoms with Gasteiger partial charge in [0.15, 0.2) is 0 Å². The van der Waals surface area contributed by atoms with Gasteiger partial charge in [0.1, 0.15) is 6.61 Å². The van der Waals surface area contributed by atoms with Crippen LogP contribution in [0, 0.1) is 6.54 Å². The van der Waals surface area contributed by atoms with E-state index in [1.54, 1.807) is 6.54 Å². The number of hydrogen-bond donors (Lipinski definition) is 2. The van der Waals surface area contributed by atoms with Crippen LogP contribution in [0.5, 0.6) is 0 Å². The van der Waals surface area contributed by atoms with Crippen molar-refractivity contribution in [2.75, 3.05) is 6.54 Å². The molecule has 0 heterocycles. The van der Waals surface area contributed by atoms with Gasteiger partial charge in [0.2, 0.25) is 0 Å². The van der Waals surface area contributed by atoms with E-state index >= 15 is 0 Å². The van der Waals surface area contributed by atoms with Crippen LogP contribution in [-0.2, 0) is 11.3 Å². The molecule has 0 aliphatic carbocycles. The zero-order valence-electron chi connectivity index (χ0n) is 9.89. The van der Waals surface area contributed by atoms with Gasteiger partial charge in [-0.25, -0.2) is 4.79 Å². The number of hydrogen-bond acceptors (Lipinski definition) is 3. The van der Waals surface area contributed by atoms with Crippen LogP contribution in [0.1, 0.15) is 24.8 Å². The Hall–Kier alpha value is -1.55. The molecule has 0 spiro atoms. The molecule has 1 aromatic rings. The third-order valence-electron chi connectivity index (χ3n) is 2.28. The average molecular weight is 235 g/mol. The first-order valence-corrected chi connectivity index (χ1v) is 5.81. The Morgan fingerprint density at radius 1 is 1.29 bits per heavy atom. The van der Waals surface area contributed by atoms with Crippen molar-refractivity contribution in [2.45, 2.75) is 25.9 Å². The Morgan fingerprint density at radius 2 is 2.06 bits per heavy atom. The Balaban J connectivity index is 2.05. The zero-order valence-corrected chi connectivity index (χ0v) is 9.89. The highest BCUT2D eigenvalue weighted by atomic mass is 16.5. The minimum atomic E-state index is -0.370. The van der Waals surface area contributed by atoms with Crippen molar-refractivity contribution in [1.82, 2.24) is 5.32 Å². The van der Waals surface area contributed by atoms with Gasteiger partial charge < -0.3 is 15.8 Å². The van der Waals surface area contributed by atoms with Gasteiger partial charge in [-0.2, -0.15) is 0 Å². The average Bonchev–Trinajstić information content (AvgIpc) is 2.37. The van der Waals surface area contributed by atoms with E-state index in [0.29, 0.717) is 13.2 Å². The summed E-state index contributed by atoms with van der Waals surface area (Å²) in [7, 11) is 0. The zero-order chi connectivity index (χ0) is 12.3. The lowest BCUT2D eigenvalue weighted by atomic mass is 10.2. The Morgan fingerprint density at radius 3 is 2.76 bits per heavy atom. The van der Waals surface area contributed by atoms with Crippen molar-refractivity contribution in [2.24, 2.45) is 5.73 Å². The monoisotopic (exact) mass is 235 g/mol. The maximum absolute atomic E-state index is 11.3. The van der Waals surface area contributed by atoms with Crippen LogP contribution in [0.25, 0.3) is 0 Å². The number of unbranched alkanes of at least 4 members (excludes halogenated alkanes) is 2. The van der Waals surface area contributed by atoms with Gasteiger partial charge in [-0.3, -0.25) is 0 Å². The summed E-state index contributed by atoms with van der Waals surface area (Å²) in [5, 5.41) is 2.70. The lowest BCUT2D eigenvalue weighted by Gasteiger charge is -2.06. The van der Waals surface area contributed by atoms with Gasteiger partial charge in [0.25, 0.3) is 0 Å². The molecule has 1 radical (unpaired) electrons. The fraction of sp³-hybridized carbons (Fsp3) is 0.385. The number of carbonyl (C=O) groups is 1. The molecular formula is C13H19N2O2. The molecule has 0 unspecified atom stereocenters. The molecule has 1 aromatic carbocycles. The van der Waals surface area contributed by atoms with Crippen LogP contribution in [0.4, 0.5) is 4.79 Å². The third kappa shape index (κ3) is 6.58. The first kappa shape index (κ1) is 13.5. The molecule has 0 saturated carbocycles. The molecule has 0 aliphatic rings. The molecular weight excluding hydrogens is 216 g/mol. The summed E-state index contributed by atoms with van der Waals surface area (Å²) < 4.78 is 5.05. The summed E-state index contributed by atoms with van der Waals surface area (Å²) in [5.74, 6) is 0. The second-order valence-corrected chi connectivity index (χ2v) is 3.72. The number of amides is 1. The fourth-order valence-electron chi connectivity index (χ4n) is 1.35. The summed E-state index contributed by atoms with van der Waals surface area (Å²) in [6, 6.07) is 9.60. The summed E-state index contributed by atoms with van der Waals surface area (Å²) >= 11 is 0.